The fourth-order valence-electron chi connectivity index (χ4n) is 6.86. The van der Waals surface area contributed by atoms with Crippen LogP contribution in [0.4, 0.5) is 0 Å². The first-order valence-corrected chi connectivity index (χ1v) is 11.0. The Bertz CT molecular complexity index is 1100. The molecule has 3 aromatic rings. The summed E-state index contributed by atoms with van der Waals surface area (Å²) >= 11 is 0. The highest BCUT2D eigenvalue weighted by atomic mass is 16.3. The van der Waals surface area contributed by atoms with Crippen LogP contribution in [0.15, 0.2) is 72.8 Å². The molecule has 1 saturated heterocycles. The van der Waals surface area contributed by atoms with Gasteiger partial charge < -0.3 is 10.2 Å². The van der Waals surface area contributed by atoms with Gasteiger partial charge in [-0.2, -0.15) is 0 Å². The van der Waals surface area contributed by atoms with Gasteiger partial charge in [-0.3, -0.25) is 4.90 Å². The van der Waals surface area contributed by atoms with Crippen molar-refractivity contribution in [2.24, 2.45) is 11.8 Å². The molecular weight excluding hydrogens is 370 g/mol. The first kappa shape index (κ1) is 18.0. The number of phenolic OH excluding ortho intramolecular Hbond substituents is 2. The van der Waals surface area contributed by atoms with Gasteiger partial charge in [0.25, 0.3) is 0 Å². The van der Waals surface area contributed by atoms with Gasteiger partial charge in [0.1, 0.15) is 0 Å². The number of aromatic hydroxyl groups is 2. The predicted molar refractivity (Wildman–Crippen MR) is 118 cm³/mol. The lowest BCUT2D eigenvalue weighted by Gasteiger charge is -2.55. The number of rotatable bonds is 3. The van der Waals surface area contributed by atoms with Crippen LogP contribution in [0.3, 0.4) is 0 Å². The summed E-state index contributed by atoms with van der Waals surface area (Å²) in [5.41, 5.74) is 5.37. The first-order chi connectivity index (χ1) is 14.7. The molecule has 1 heterocycles. The van der Waals surface area contributed by atoms with Gasteiger partial charge in [-0.15, -0.1) is 0 Å². The van der Waals surface area contributed by atoms with Crippen LogP contribution in [-0.4, -0.2) is 28.2 Å². The number of nitrogens with zero attached hydrogens (tertiary/aromatic N) is 1. The van der Waals surface area contributed by atoms with Crippen molar-refractivity contribution in [1.82, 2.24) is 4.90 Å². The Morgan fingerprint density at radius 2 is 1.67 bits per heavy atom. The zero-order valence-electron chi connectivity index (χ0n) is 17.0. The van der Waals surface area contributed by atoms with Gasteiger partial charge in [0.15, 0.2) is 11.5 Å². The molecule has 4 unspecified atom stereocenters. The third-order valence-electron chi connectivity index (χ3n) is 8.02. The van der Waals surface area contributed by atoms with Crippen molar-refractivity contribution in [3.8, 4) is 11.5 Å². The molecule has 2 fully saturated rings. The van der Waals surface area contributed by atoms with Crippen molar-refractivity contribution >= 4 is 0 Å². The molecule has 1 aliphatic heterocycles. The average molecular weight is 398 g/mol. The molecular formula is C27H27NO2. The Morgan fingerprint density at radius 3 is 2.50 bits per heavy atom. The molecule has 0 aromatic heterocycles. The summed E-state index contributed by atoms with van der Waals surface area (Å²) in [7, 11) is 0. The van der Waals surface area contributed by atoms with E-state index in [4.69, 9.17) is 0 Å². The number of likely N-dealkylation sites (tertiary alicyclic amines) is 1. The van der Waals surface area contributed by atoms with E-state index in [0.29, 0.717) is 17.8 Å². The van der Waals surface area contributed by atoms with Gasteiger partial charge in [0.05, 0.1) is 0 Å². The second kappa shape index (κ2) is 6.61. The maximum Gasteiger partial charge on any atom is 0.157 e. The fourth-order valence-corrected chi connectivity index (χ4v) is 6.86. The number of hydrogen-bond acceptors (Lipinski definition) is 3. The molecule has 0 radical (unpaired) electrons. The minimum atomic E-state index is -0.0906. The SMILES string of the molecule is Oc1ccc(C23CCC(c4ccccc42)C2CN(Cc4ccccc4)CC23)cc1O. The maximum atomic E-state index is 10.3. The standard InChI is InChI=1S/C27H27NO2/c29-25-11-10-19(14-26(25)30)27-13-12-20(21-8-4-5-9-23(21)27)22-16-28(17-24(22)27)15-18-6-2-1-3-7-18/h1-11,14,20,22,24,29-30H,12-13,15-17H2. The van der Waals surface area contributed by atoms with Gasteiger partial charge in [0, 0.05) is 25.0 Å². The summed E-state index contributed by atoms with van der Waals surface area (Å²) in [6.45, 7) is 3.20. The molecule has 2 N–H and O–H groups in total. The number of phenols is 2. The highest BCUT2D eigenvalue weighted by Gasteiger charge is 2.59. The lowest BCUT2D eigenvalue weighted by molar-refractivity contribution is 0.135. The van der Waals surface area contributed by atoms with Crippen LogP contribution < -0.4 is 0 Å². The molecule has 3 aliphatic carbocycles. The van der Waals surface area contributed by atoms with E-state index in [1.165, 1.54) is 23.1 Å². The van der Waals surface area contributed by atoms with Crippen molar-refractivity contribution in [3.05, 3.63) is 95.1 Å². The molecule has 4 aliphatic rings. The summed E-state index contributed by atoms with van der Waals surface area (Å²) in [5, 5.41) is 20.3. The molecule has 30 heavy (non-hydrogen) atoms. The van der Waals surface area contributed by atoms with Crippen molar-refractivity contribution < 1.29 is 10.2 Å². The van der Waals surface area contributed by atoms with Crippen molar-refractivity contribution in [1.29, 1.82) is 0 Å². The molecule has 3 heteroatoms. The van der Waals surface area contributed by atoms with Crippen LogP contribution in [0.1, 0.15) is 41.0 Å². The third-order valence-corrected chi connectivity index (χ3v) is 8.02. The second-order valence-corrected chi connectivity index (χ2v) is 9.36. The Balaban J connectivity index is 1.46. The summed E-state index contributed by atoms with van der Waals surface area (Å²) in [6.07, 6.45) is 2.30. The molecule has 0 spiro atoms. The van der Waals surface area contributed by atoms with E-state index in [9.17, 15) is 10.2 Å². The molecule has 7 rings (SSSR count). The Hall–Kier alpha value is -2.78. The molecule has 152 valence electrons. The van der Waals surface area contributed by atoms with E-state index in [2.05, 4.69) is 59.5 Å². The minimum Gasteiger partial charge on any atom is -0.504 e. The Labute approximate surface area is 177 Å². The monoisotopic (exact) mass is 397 g/mol. The maximum absolute atomic E-state index is 10.3. The van der Waals surface area contributed by atoms with E-state index < -0.39 is 0 Å². The van der Waals surface area contributed by atoms with Crippen LogP contribution in [-0.2, 0) is 12.0 Å². The zero-order valence-corrected chi connectivity index (χ0v) is 17.0. The van der Waals surface area contributed by atoms with Gasteiger partial charge >= 0.3 is 0 Å². The Kier molecular flexibility index (Phi) is 3.97. The minimum absolute atomic E-state index is 0.0114. The van der Waals surface area contributed by atoms with Crippen LogP contribution in [0.5, 0.6) is 11.5 Å². The van der Waals surface area contributed by atoms with Gasteiger partial charge in [0.2, 0.25) is 0 Å². The zero-order chi connectivity index (χ0) is 20.3. The highest BCUT2D eigenvalue weighted by molar-refractivity contribution is 5.55. The van der Waals surface area contributed by atoms with Gasteiger partial charge in [-0.25, -0.2) is 0 Å². The predicted octanol–water partition coefficient (Wildman–Crippen LogP) is 5.02. The van der Waals surface area contributed by atoms with E-state index in [1.54, 1.807) is 6.07 Å². The van der Waals surface area contributed by atoms with Crippen molar-refractivity contribution in [2.75, 3.05) is 13.1 Å². The van der Waals surface area contributed by atoms with Crippen LogP contribution in [0.2, 0.25) is 0 Å². The number of hydrogen-bond donors (Lipinski definition) is 2. The summed E-state index contributed by atoms with van der Waals surface area (Å²) < 4.78 is 0. The largest absolute Gasteiger partial charge is 0.504 e. The van der Waals surface area contributed by atoms with E-state index >= 15 is 0 Å². The topological polar surface area (TPSA) is 43.7 Å². The van der Waals surface area contributed by atoms with E-state index in [0.717, 1.165) is 31.6 Å². The molecule has 0 amide bonds. The van der Waals surface area contributed by atoms with E-state index in [-0.39, 0.29) is 16.9 Å². The first-order valence-electron chi connectivity index (χ1n) is 11.0. The number of benzene rings is 3. The highest BCUT2D eigenvalue weighted by Crippen LogP contribution is 2.63. The Morgan fingerprint density at radius 1 is 0.867 bits per heavy atom. The smallest absolute Gasteiger partial charge is 0.157 e. The summed E-state index contributed by atoms with van der Waals surface area (Å²) in [5.74, 6) is 1.73. The molecule has 1 saturated carbocycles. The lowest BCUT2D eigenvalue weighted by atomic mass is 9.47. The normalized spacial score (nSPS) is 29.5. The quantitative estimate of drug-likeness (QED) is 0.610. The molecule has 3 nitrogen and oxygen atoms in total. The number of fused-ring (bicyclic) bond motifs is 1. The van der Waals surface area contributed by atoms with Crippen molar-refractivity contribution in [2.45, 2.75) is 30.7 Å². The summed E-state index contributed by atoms with van der Waals surface area (Å²) in [6, 6.07) is 25.2. The van der Waals surface area contributed by atoms with Crippen LogP contribution in [0, 0.1) is 11.8 Å². The molecule has 2 bridgehead atoms. The third kappa shape index (κ3) is 2.48. The van der Waals surface area contributed by atoms with Crippen LogP contribution >= 0.6 is 0 Å². The van der Waals surface area contributed by atoms with Gasteiger partial charge in [-0.1, -0.05) is 60.7 Å². The second-order valence-electron chi connectivity index (χ2n) is 9.36. The average Bonchev–Trinajstić information content (AvgIpc) is 3.22. The summed E-state index contributed by atoms with van der Waals surface area (Å²) in [4.78, 5) is 2.63. The van der Waals surface area contributed by atoms with Gasteiger partial charge in [-0.05, 0) is 65.0 Å². The molecule has 4 atom stereocenters. The lowest BCUT2D eigenvalue weighted by Crippen LogP contribution is -2.51. The molecule has 3 aromatic carbocycles. The van der Waals surface area contributed by atoms with Crippen molar-refractivity contribution in [3.63, 3.8) is 0 Å². The van der Waals surface area contributed by atoms with E-state index in [1.807, 2.05) is 12.1 Å². The fraction of sp³-hybridized carbons (Fsp3) is 0.333. The van der Waals surface area contributed by atoms with Crippen LogP contribution in [0.25, 0.3) is 0 Å².